The van der Waals surface area contributed by atoms with Gasteiger partial charge >= 0.3 is 0 Å². The average Bonchev–Trinajstić information content (AvgIpc) is 2.04. The van der Waals surface area contributed by atoms with Gasteiger partial charge in [-0.2, -0.15) is 0 Å². The molecule has 0 aliphatic heterocycles. The predicted octanol–water partition coefficient (Wildman–Crippen LogP) is 1.21. The molecule has 0 unspecified atom stereocenters. The van der Waals surface area contributed by atoms with Crippen LogP contribution in [0.25, 0.3) is 0 Å². The lowest BCUT2D eigenvalue weighted by Crippen LogP contribution is -2.00. The van der Waals surface area contributed by atoms with Crippen LogP contribution >= 0.6 is 0 Å². The molecule has 0 saturated carbocycles. The van der Waals surface area contributed by atoms with E-state index in [9.17, 15) is 0 Å². The molecule has 0 radical (unpaired) electrons. The largest absolute Gasteiger partial charge is 0.392 e. The fourth-order valence-corrected chi connectivity index (χ4v) is 0.465. The van der Waals surface area contributed by atoms with Crippen molar-refractivity contribution >= 4 is 0 Å². The number of rotatable bonds is 4. The maximum absolute atomic E-state index is 8.62. The third-order valence-corrected chi connectivity index (χ3v) is 1.25. The monoisotopic (exact) mass is 153 g/mol. The van der Waals surface area contributed by atoms with Gasteiger partial charge in [-0.05, 0) is 18.6 Å². The number of nitrogens with one attached hydrogen (secondary N) is 1. The van der Waals surface area contributed by atoms with Crippen LogP contribution in [-0.4, -0.2) is 18.8 Å². The summed E-state index contributed by atoms with van der Waals surface area (Å²) < 4.78 is 0. The van der Waals surface area contributed by atoms with Crippen molar-refractivity contribution in [3.05, 3.63) is 36.1 Å². The number of aliphatic hydroxyl groups is 1. The lowest BCUT2D eigenvalue weighted by molar-refractivity contribution is 0.331. The third-order valence-electron chi connectivity index (χ3n) is 1.25. The first-order chi connectivity index (χ1) is 5.20. The van der Waals surface area contributed by atoms with Gasteiger partial charge in [-0.3, -0.25) is 0 Å². The molecule has 2 N–H and O–H groups in total. The Hall–Kier alpha value is -1.02. The summed E-state index contributed by atoms with van der Waals surface area (Å²) >= 11 is 0. The minimum absolute atomic E-state index is 0.108. The molecular weight excluding hydrogens is 138 g/mol. The van der Waals surface area contributed by atoms with E-state index in [1.165, 1.54) is 0 Å². The second-order valence-corrected chi connectivity index (χ2v) is 2.31. The lowest BCUT2D eigenvalue weighted by atomic mass is 10.3. The highest BCUT2D eigenvalue weighted by Crippen LogP contribution is 1.92. The van der Waals surface area contributed by atoms with Crippen molar-refractivity contribution < 1.29 is 5.11 Å². The SMILES string of the molecule is C=C(/C=C\C=C(\C)CO)NC. The lowest BCUT2D eigenvalue weighted by Gasteiger charge is -1.94. The zero-order valence-corrected chi connectivity index (χ0v) is 7.09. The minimum Gasteiger partial charge on any atom is -0.392 e. The zero-order valence-electron chi connectivity index (χ0n) is 7.09. The van der Waals surface area contributed by atoms with E-state index >= 15 is 0 Å². The molecule has 0 atom stereocenters. The molecule has 0 aromatic heterocycles. The van der Waals surface area contributed by atoms with Gasteiger partial charge in [0.1, 0.15) is 0 Å². The first kappa shape index (κ1) is 9.98. The zero-order chi connectivity index (χ0) is 8.69. The first-order valence-corrected chi connectivity index (χ1v) is 3.52. The number of allylic oxidation sites excluding steroid dienone is 3. The van der Waals surface area contributed by atoms with Crippen molar-refractivity contribution in [2.75, 3.05) is 13.7 Å². The molecule has 0 aliphatic rings. The van der Waals surface area contributed by atoms with Gasteiger partial charge in [0.2, 0.25) is 0 Å². The molecule has 2 heteroatoms. The summed E-state index contributed by atoms with van der Waals surface area (Å²) in [6, 6.07) is 0. The van der Waals surface area contributed by atoms with Crippen molar-refractivity contribution in [2.24, 2.45) is 0 Å². The van der Waals surface area contributed by atoms with Crippen LogP contribution in [0.1, 0.15) is 6.92 Å². The van der Waals surface area contributed by atoms with Crippen LogP contribution in [0.3, 0.4) is 0 Å². The summed E-state index contributed by atoms with van der Waals surface area (Å²) in [4.78, 5) is 0. The van der Waals surface area contributed by atoms with Crippen molar-refractivity contribution in [2.45, 2.75) is 6.92 Å². The van der Waals surface area contributed by atoms with E-state index < -0.39 is 0 Å². The Morgan fingerprint density at radius 3 is 2.73 bits per heavy atom. The van der Waals surface area contributed by atoms with Crippen LogP contribution < -0.4 is 5.32 Å². The average molecular weight is 153 g/mol. The molecule has 0 amide bonds. The van der Waals surface area contributed by atoms with Crippen LogP contribution in [0, 0.1) is 0 Å². The van der Waals surface area contributed by atoms with E-state index in [2.05, 4.69) is 11.9 Å². The molecule has 0 aliphatic carbocycles. The Morgan fingerprint density at radius 1 is 1.64 bits per heavy atom. The van der Waals surface area contributed by atoms with Gasteiger partial charge in [-0.1, -0.05) is 18.7 Å². The van der Waals surface area contributed by atoms with Gasteiger partial charge in [-0.25, -0.2) is 0 Å². The summed E-state index contributed by atoms with van der Waals surface area (Å²) in [6.07, 6.45) is 5.55. The van der Waals surface area contributed by atoms with Crippen molar-refractivity contribution in [1.82, 2.24) is 5.32 Å². The smallest absolute Gasteiger partial charge is 0.0642 e. The molecule has 0 spiro atoms. The number of aliphatic hydroxyl groups excluding tert-OH is 1. The number of hydrogen-bond donors (Lipinski definition) is 2. The van der Waals surface area contributed by atoms with Crippen LogP contribution in [0.15, 0.2) is 36.1 Å². The summed E-state index contributed by atoms with van der Waals surface area (Å²) in [5.74, 6) is 0. The summed E-state index contributed by atoms with van der Waals surface area (Å²) in [7, 11) is 1.81. The van der Waals surface area contributed by atoms with Crippen molar-refractivity contribution in [3.8, 4) is 0 Å². The molecule has 0 aromatic carbocycles. The van der Waals surface area contributed by atoms with E-state index in [1.54, 1.807) is 0 Å². The predicted molar refractivity (Wildman–Crippen MR) is 48.2 cm³/mol. The normalized spacial score (nSPS) is 12.1. The molecule has 62 valence electrons. The highest BCUT2D eigenvalue weighted by molar-refractivity contribution is 5.19. The second-order valence-electron chi connectivity index (χ2n) is 2.31. The van der Waals surface area contributed by atoms with Gasteiger partial charge in [0, 0.05) is 12.7 Å². The molecule has 0 aromatic rings. The van der Waals surface area contributed by atoms with E-state index in [-0.39, 0.29) is 6.61 Å². The molecule has 0 rings (SSSR count). The number of likely N-dealkylation sites (N-methyl/N-ethyl adjacent to an activating group) is 1. The van der Waals surface area contributed by atoms with Crippen LogP contribution in [0.5, 0.6) is 0 Å². The van der Waals surface area contributed by atoms with E-state index in [4.69, 9.17) is 5.11 Å². The Morgan fingerprint density at radius 2 is 2.27 bits per heavy atom. The summed E-state index contributed by atoms with van der Waals surface area (Å²) in [5.41, 5.74) is 1.79. The fraction of sp³-hybridized carbons (Fsp3) is 0.333. The molecule has 0 heterocycles. The van der Waals surface area contributed by atoms with E-state index in [0.717, 1.165) is 11.3 Å². The van der Waals surface area contributed by atoms with Gasteiger partial charge in [-0.15, -0.1) is 0 Å². The highest BCUT2D eigenvalue weighted by atomic mass is 16.3. The maximum atomic E-state index is 8.62. The molecule has 0 fully saturated rings. The van der Waals surface area contributed by atoms with Crippen molar-refractivity contribution in [3.63, 3.8) is 0 Å². The van der Waals surface area contributed by atoms with Crippen LogP contribution in [0.4, 0.5) is 0 Å². The van der Waals surface area contributed by atoms with Gasteiger partial charge in [0.15, 0.2) is 0 Å². The third kappa shape index (κ3) is 5.43. The topological polar surface area (TPSA) is 32.3 Å². The van der Waals surface area contributed by atoms with E-state index in [0.29, 0.717) is 0 Å². The second kappa shape index (κ2) is 5.74. The Bertz CT molecular complexity index is 180. The van der Waals surface area contributed by atoms with Gasteiger partial charge in [0.05, 0.1) is 6.61 Å². The highest BCUT2D eigenvalue weighted by Gasteiger charge is 1.80. The molecular formula is C9H15NO. The Labute approximate surface area is 67.9 Å². The standard InChI is InChI=1S/C9H15NO/c1-8(7-11)5-4-6-9(2)10-3/h4-6,10-11H,2,7H2,1,3H3/b6-4-,8-5-. The van der Waals surface area contributed by atoms with Crippen LogP contribution in [0.2, 0.25) is 0 Å². The summed E-state index contributed by atoms with van der Waals surface area (Å²) in [5, 5.41) is 11.5. The molecule has 0 saturated heterocycles. The molecule has 0 bridgehead atoms. The number of hydrogen-bond acceptors (Lipinski definition) is 2. The minimum atomic E-state index is 0.108. The fourth-order valence-electron chi connectivity index (χ4n) is 0.465. The van der Waals surface area contributed by atoms with Crippen molar-refractivity contribution in [1.29, 1.82) is 0 Å². The van der Waals surface area contributed by atoms with Gasteiger partial charge in [0.25, 0.3) is 0 Å². The Balaban J connectivity index is 3.85. The summed E-state index contributed by atoms with van der Waals surface area (Å²) in [6.45, 7) is 5.68. The quantitative estimate of drug-likeness (QED) is 0.595. The maximum Gasteiger partial charge on any atom is 0.0642 e. The van der Waals surface area contributed by atoms with E-state index in [1.807, 2.05) is 32.2 Å². The Kier molecular flexibility index (Phi) is 5.21. The first-order valence-electron chi connectivity index (χ1n) is 3.52. The molecule has 11 heavy (non-hydrogen) atoms. The van der Waals surface area contributed by atoms with Crippen LogP contribution in [-0.2, 0) is 0 Å². The van der Waals surface area contributed by atoms with Gasteiger partial charge < -0.3 is 10.4 Å². The molecule has 2 nitrogen and oxygen atoms in total.